The van der Waals surface area contributed by atoms with Gasteiger partial charge in [-0.25, -0.2) is 19.6 Å². The topological polar surface area (TPSA) is 134 Å². The number of benzene rings is 1. The molecule has 2 unspecified atom stereocenters. The molecule has 0 bridgehead atoms. The molecule has 0 radical (unpaired) electrons. The van der Waals surface area contributed by atoms with Crippen LogP contribution < -0.4 is 0 Å². The summed E-state index contributed by atoms with van der Waals surface area (Å²) >= 11 is 0. The van der Waals surface area contributed by atoms with Crippen LogP contribution in [0.4, 0.5) is 0 Å². The molecule has 0 fully saturated rings. The van der Waals surface area contributed by atoms with Gasteiger partial charge in [-0.1, -0.05) is 34.5 Å². The van der Waals surface area contributed by atoms with E-state index in [1.54, 1.807) is 65.8 Å². The van der Waals surface area contributed by atoms with E-state index in [-0.39, 0.29) is 0 Å². The number of azide groups is 2. The van der Waals surface area contributed by atoms with Gasteiger partial charge in [-0.3, -0.25) is 0 Å². The van der Waals surface area contributed by atoms with Gasteiger partial charge in [-0.2, -0.15) is 0 Å². The van der Waals surface area contributed by atoms with Crippen molar-refractivity contribution >= 4 is 0 Å². The van der Waals surface area contributed by atoms with Gasteiger partial charge in [0.1, 0.15) is 0 Å². The van der Waals surface area contributed by atoms with Gasteiger partial charge >= 0.3 is 0 Å². The molecule has 0 saturated heterocycles. The molecular weight excluding hydrogens is 340 g/mol. The highest BCUT2D eigenvalue weighted by atomic mass is 17.2. The van der Waals surface area contributed by atoms with Gasteiger partial charge in [-0.15, -0.1) is 0 Å². The summed E-state index contributed by atoms with van der Waals surface area (Å²) in [5.41, 5.74) is 17.4. The van der Waals surface area contributed by atoms with Crippen LogP contribution in [-0.2, 0) is 19.6 Å². The van der Waals surface area contributed by atoms with Crippen molar-refractivity contribution in [3.63, 3.8) is 0 Å². The summed E-state index contributed by atoms with van der Waals surface area (Å²) in [5, 5.41) is 7.17. The van der Waals surface area contributed by atoms with Crippen LogP contribution in [0, 0.1) is 0 Å². The Morgan fingerprint density at radius 3 is 1.50 bits per heavy atom. The normalized spacial score (nSPS) is 14.1. The molecule has 0 heterocycles. The van der Waals surface area contributed by atoms with Gasteiger partial charge in [-0.05, 0) is 63.7 Å². The smallest absolute Gasteiger partial charge is 0.196 e. The Kier molecular flexibility index (Phi) is 7.85. The SMILES string of the molecule is CC(C)(C)OOC(N=[N+]=[N-])c1cccc(C(N=[N+]=[N-])OOC(C)(C)C)c1. The lowest BCUT2D eigenvalue weighted by molar-refractivity contribution is -0.376. The Bertz CT molecular complexity index is 629. The standard InChI is InChI=1S/C16H24N6O4/c1-15(2,3)25-23-13(19-21-17)11-8-7-9-12(10-11)14(20-22-18)24-26-16(4,5)6/h7-10,13-14H,1-6H3. The summed E-state index contributed by atoms with van der Waals surface area (Å²) in [7, 11) is 0. The second-order valence-corrected chi connectivity index (χ2v) is 7.37. The fourth-order valence-electron chi connectivity index (χ4n) is 1.62. The van der Waals surface area contributed by atoms with Crippen LogP contribution in [0.3, 0.4) is 0 Å². The number of rotatable bonds is 8. The van der Waals surface area contributed by atoms with Crippen LogP contribution in [-0.4, -0.2) is 11.2 Å². The molecule has 10 nitrogen and oxygen atoms in total. The predicted octanol–water partition coefficient (Wildman–Crippen LogP) is 5.80. The summed E-state index contributed by atoms with van der Waals surface area (Å²) in [4.78, 5) is 26.5. The maximum Gasteiger partial charge on any atom is 0.196 e. The molecule has 10 heteroatoms. The molecular formula is C16H24N6O4. The van der Waals surface area contributed by atoms with Crippen molar-refractivity contribution in [3.05, 3.63) is 56.3 Å². The maximum absolute atomic E-state index is 8.78. The minimum Gasteiger partial charge on any atom is -0.230 e. The first-order valence-electron chi connectivity index (χ1n) is 7.93. The van der Waals surface area contributed by atoms with Crippen molar-refractivity contribution in [1.82, 2.24) is 0 Å². The van der Waals surface area contributed by atoms with E-state index in [4.69, 9.17) is 30.6 Å². The molecule has 0 aliphatic carbocycles. The van der Waals surface area contributed by atoms with Gasteiger partial charge in [0, 0.05) is 9.82 Å². The molecule has 0 aliphatic heterocycles. The van der Waals surface area contributed by atoms with Crippen molar-refractivity contribution in [2.75, 3.05) is 0 Å². The third-order valence-electron chi connectivity index (χ3n) is 2.57. The lowest BCUT2D eigenvalue weighted by Crippen LogP contribution is -2.21. The average molecular weight is 364 g/mol. The van der Waals surface area contributed by atoms with Crippen LogP contribution in [0.5, 0.6) is 0 Å². The Balaban J connectivity index is 3.07. The summed E-state index contributed by atoms with van der Waals surface area (Å²) in [6.45, 7) is 10.8. The van der Waals surface area contributed by atoms with E-state index in [9.17, 15) is 0 Å². The molecule has 0 spiro atoms. The molecule has 1 aromatic carbocycles. The molecule has 142 valence electrons. The lowest BCUT2D eigenvalue weighted by atomic mass is 10.1. The molecule has 26 heavy (non-hydrogen) atoms. The van der Waals surface area contributed by atoms with E-state index < -0.39 is 23.7 Å². The van der Waals surface area contributed by atoms with E-state index in [0.29, 0.717) is 11.1 Å². The van der Waals surface area contributed by atoms with Gasteiger partial charge in [0.15, 0.2) is 12.5 Å². The average Bonchev–Trinajstić information content (AvgIpc) is 2.53. The van der Waals surface area contributed by atoms with Crippen LogP contribution in [0.1, 0.15) is 65.1 Å². The Hall–Kier alpha value is -2.32. The number of nitrogens with zero attached hydrogens (tertiary/aromatic N) is 6. The van der Waals surface area contributed by atoms with Gasteiger partial charge in [0.05, 0.1) is 11.2 Å². The van der Waals surface area contributed by atoms with E-state index in [1.165, 1.54) is 0 Å². The highest BCUT2D eigenvalue weighted by Gasteiger charge is 2.21. The summed E-state index contributed by atoms with van der Waals surface area (Å²) < 4.78 is 0. The zero-order valence-corrected chi connectivity index (χ0v) is 15.8. The van der Waals surface area contributed by atoms with Gasteiger partial charge in [0.25, 0.3) is 0 Å². The van der Waals surface area contributed by atoms with Crippen LogP contribution >= 0.6 is 0 Å². The molecule has 0 saturated carbocycles. The predicted molar refractivity (Wildman–Crippen MR) is 94.1 cm³/mol. The molecule has 1 aromatic rings. The Morgan fingerprint density at radius 1 is 0.808 bits per heavy atom. The molecule has 0 aliphatic rings. The number of hydrogen-bond donors (Lipinski definition) is 0. The molecule has 1 rings (SSSR count). The van der Waals surface area contributed by atoms with E-state index in [2.05, 4.69) is 20.1 Å². The zero-order chi connectivity index (χ0) is 19.8. The first-order chi connectivity index (χ1) is 12.1. The monoisotopic (exact) mass is 364 g/mol. The lowest BCUT2D eigenvalue weighted by Gasteiger charge is -2.23. The van der Waals surface area contributed by atoms with E-state index in [1.807, 2.05) is 0 Å². The van der Waals surface area contributed by atoms with Gasteiger partial charge in [0.2, 0.25) is 0 Å². The van der Waals surface area contributed by atoms with E-state index >= 15 is 0 Å². The Labute approximate surface area is 152 Å². The first kappa shape index (κ1) is 21.7. The fourth-order valence-corrected chi connectivity index (χ4v) is 1.62. The molecule has 0 aromatic heterocycles. The van der Waals surface area contributed by atoms with Crippen LogP contribution in [0.15, 0.2) is 34.5 Å². The second-order valence-electron chi connectivity index (χ2n) is 7.37. The third-order valence-corrected chi connectivity index (χ3v) is 2.57. The largest absolute Gasteiger partial charge is 0.230 e. The van der Waals surface area contributed by atoms with Gasteiger partial charge < -0.3 is 0 Å². The summed E-state index contributed by atoms with van der Waals surface area (Å²) in [6.07, 6.45) is -2.04. The quantitative estimate of drug-likeness (QED) is 0.189. The first-order valence-corrected chi connectivity index (χ1v) is 7.93. The highest BCUT2D eigenvalue weighted by Crippen LogP contribution is 2.28. The van der Waals surface area contributed by atoms with Crippen molar-refractivity contribution in [2.24, 2.45) is 10.2 Å². The number of hydrogen-bond acceptors (Lipinski definition) is 6. The van der Waals surface area contributed by atoms with Crippen molar-refractivity contribution in [2.45, 2.75) is 65.2 Å². The minimum atomic E-state index is -1.02. The third kappa shape index (κ3) is 8.17. The molecule has 2 atom stereocenters. The fraction of sp³-hybridized carbons (Fsp3) is 0.625. The maximum atomic E-state index is 8.78. The van der Waals surface area contributed by atoms with Crippen LogP contribution in [0.25, 0.3) is 20.9 Å². The van der Waals surface area contributed by atoms with Crippen molar-refractivity contribution in [3.8, 4) is 0 Å². The summed E-state index contributed by atoms with van der Waals surface area (Å²) in [5.74, 6) is 0. The zero-order valence-electron chi connectivity index (χ0n) is 15.8. The van der Waals surface area contributed by atoms with Crippen LogP contribution in [0.2, 0.25) is 0 Å². The summed E-state index contributed by atoms with van der Waals surface area (Å²) in [6, 6.07) is 6.68. The molecule has 0 amide bonds. The highest BCUT2D eigenvalue weighted by molar-refractivity contribution is 5.26. The van der Waals surface area contributed by atoms with Crippen molar-refractivity contribution in [1.29, 1.82) is 0 Å². The Morgan fingerprint density at radius 2 is 1.19 bits per heavy atom. The second kappa shape index (κ2) is 9.40. The van der Waals surface area contributed by atoms with E-state index in [0.717, 1.165) is 0 Å². The van der Waals surface area contributed by atoms with Crippen molar-refractivity contribution < 1.29 is 19.6 Å². The minimum absolute atomic E-state index is 0.502. The molecule has 0 N–H and O–H groups in total.